The first-order chi connectivity index (χ1) is 9.38. The van der Waals surface area contributed by atoms with Crippen LogP contribution in [0.25, 0.3) is 0 Å². The zero-order chi connectivity index (χ0) is 14.9. The average Bonchev–Trinajstić information content (AvgIpc) is 2.84. The first-order valence-corrected chi connectivity index (χ1v) is 7.55. The topological polar surface area (TPSA) is 66.4 Å². The van der Waals surface area contributed by atoms with Crippen molar-refractivity contribution in [2.45, 2.75) is 32.2 Å². The fourth-order valence-electron chi connectivity index (χ4n) is 2.46. The third-order valence-corrected chi connectivity index (χ3v) is 5.17. The van der Waals surface area contributed by atoms with Gasteiger partial charge in [-0.05, 0) is 59.8 Å². The van der Waals surface area contributed by atoms with E-state index in [1.54, 1.807) is 12.1 Å². The standard InChI is InChI=1S/C14H15BrClNO3/c1-7-4-9(6-11(16)12(7)15)13(18)17-10-3-2-8(5-10)14(19)20/h4,6,8,10H,2-3,5H2,1H3,(H,17,18)(H,19,20)/t8-,10+/m1/s1. The number of aryl methyl sites for hydroxylation is 1. The summed E-state index contributed by atoms with van der Waals surface area (Å²) in [6, 6.07) is 3.29. The molecule has 0 heterocycles. The molecule has 1 aromatic carbocycles. The number of carboxylic acids is 1. The zero-order valence-electron chi connectivity index (χ0n) is 11.0. The maximum atomic E-state index is 12.2. The molecule has 1 amide bonds. The Morgan fingerprint density at radius 1 is 1.40 bits per heavy atom. The van der Waals surface area contributed by atoms with Crippen molar-refractivity contribution >= 4 is 39.4 Å². The third-order valence-electron chi connectivity index (χ3n) is 3.59. The lowest BCUT2D eigenvalue weighted by Gasteiger charge is -2.13. The van der Waals surface area contributed by atoms with Crippen LogP contribution >= 0.6 is 27.5 Å². The summed E-state index contributed by atoms with van der Waals surface area (Å²) in [6.45, 7) is 1.86. The van der Waals surface area contributed by atoms with Crippen LogP contribution in [-0.2, 0) is 4.79 Å². The number of hydrogen-bond donors (Lipinski definition) is 2. The molecule has 0 bridgehead atoms. The van der Waals surface area contributed by atoms with Crippen LogP contribution in [0.5, 0.6) is 0 Å². The number of carbonyl (C=O) groups is 2. The number of rotatable bonds is 3. The Balaban J connectivity index is 2.04. The molecule has 2 atom stereocenters. The molecule has 1 saturated carbocycles. The highest BCUT2D eigenvalue weighted by Gasteiger charge is 2.30. The number of carboxylic acid groups (broad SMARTS) is 1. The summed E-state index contributed by atoms with van der Waals surface area (Å²) in [6.07, 6.45) is 1.80. The first kappa shape index (κ1) is 15.3. The summed E-state index contributed by atoms with van der Waals surface area (Å²) in [5.41, 5.74) is 1.38. The minimum atomic E-state index is -0.788. The van der Waals surface area contributed by atoms with E-state index in [1.165, 1.54) is 0 Å². The van der Waals surface area contributed by atoms with Gasteiger partial charge in [0.05, 0.1) is 10.9 Å². The second kappa shape index (κ2) is 6.14. The summed E-state index contributed by atoms with van der Waals surface area (Å²) < 4.78 is 0.780. The smallest absolute Gasteiger partial charge is 0.306 e. The van der Waals surface area contributed by atoms with Gasteiger partial charge in [0.25, 0.3) is 5.91 Å². The molecule has 0 unspecified atom stereocenters. The number of amides is 1. The third kappa shape index (κ3) is 3.33. The van der Waals surface area contributed by atoms with Gasteiger partial charge >= 0.3 is 5.97 Å². The van der Waals surface area contributed by atoms with E-state index in [2.05, 4.69) is 21.2 Å². The van der Waals surface area contributed by atoms with E-state index in [0.29, 0.717) is 29.8 Å². The number of hydrogen-bond acceptors (Lipinski definition) is 2. The summed E-state index contributed by atoms with van der Waals surface area (Å²) in [5, 5.41) is 12.3. The number of aliphatic carboxylic acids is 1. The summed E-state index contributed by atoms with van der Waals surface area (Å²) in [5.74, 6) is -1.35. The van der Waals surface area contributed by atoms with E-state index < -0.39 is 5.97 Å². The monoisotopic (exact) mass is 359 g/mol. The Labute approximate surface area is 130 Å². The molecule has 0 saturated heterocycles. The maximum absolute atomic E-state index is 12.2. The first-order valence-electron chi connectivity index (χ1n) is 6.37. The molecule has 0 spiro atoms. The van der Waals surface area contributed by atoms with Crippen molar-refractivity contribution in [1.82, 2.24) is 5.32 Å². The predicted octanol–water partition coefficient (Wildman–Crippen LogP) is 3.39. The predicted molar refractivity (Wildman–Crippen MR) is 80.1 cm³/mol. The lowest BCUT2D eigenvalue weighted by Crippen LogP contribution is -2.33. The van der Waals surface area contributed by atoms with Gasteiger partial charge in [-0.2, -0.15) is 0 Å². The molecule has 0 aliphatic heterocycles. The van der Waals surface area contributed by atoms with Gasteiger partial charge in [-0.1, -0.05) is 11.6 Å². The number of nitrogens with one attached hydrogen (secondary N) is 1. The van der Waals surface area contributed by atoms with Gasteiger partial charge in [0.1, 0.15) is 0 Å². The normalized spacial score (nSPS) is 21.8. The largest absolute Gasteiger partial charge is 0.481 e. The van der Waals surface area contributed by atoms with E-state index in [-0.39, 0.29) is 17.9 Å². The molecule has 4 nitrogen and oxygen atoms in total. The highest BCUT2D eigenvalue weighted by atomic mass is 79.9. The fraction of sp³-hybridized carbons (Fsp3) is 0.429. The van der Waals surface area contributed by atoms with Crippen LogP contribution in [0.3, 0.4) is 0 Å². The molecule has 1 aliphatic rings. The van der Waals surface area contributed by atoms with Gasteiger partial charge in [0, 0.05) is 16.1 Å². The highest BCUT2D eigenvalue weighted by molar-refractivity contribution is 9.10. The second-order valence-corrected chi connectivity index (χ2v) is 6.31. The molecule has 1 fully saturated rings. The van der Waals surface area contributed by atoms with Crippen LogP contribution < -0.4 is 5.32 Å². The van der Waals surface area contributed by atoms with Gasteiger partial charge in [0.2, 0.25) is 0 Å². The molecular weight excluding hydrogens is 346 g/mol. The fourth-order valence-corrected chi connectivity index (χ4v) is 2.96. The van der Waals surface area contributed by atoms with E-state index in [0.717, 1.165) is 10.0 Å². The quantitative estimate of drug-likeness (QED) is 0.868. The van der Waals surface area contributed by atoms with E-state index >= 15 is 0 Å². The minimum absolute atomic E-state index is 0.0775. The van der Waals surface area contributed by atoms with E-state index in [9.17, 15) is 9.59 Å². The molecule has 2 N–H and O–H groups in total. The van der Waals surface area contributed by atoms with Crippen molar-refractivity contribution in [2.24, 2.45) is 5.92 Å². The average molecular weight is 361 g/mol. The van der Waals surface area contributed by atoms with Gasteiger partial charge in [-0.25, -0.2) is 0 Å². The molecule has 20 heavy (non-hydrogen) atoms. The summed E-state index contributed by atoms with van der Waals surface area (Å²) >= 11 is 9.39. The van der Waals surface area contributed by atoms with Crippen molar-refractivity contribution in [3.8, 4) is 0 Å². The molecule has 108 valence electrons. The second-order valence-electron chi connectivity index (χ2n) is 5.11. The van der Waals surface area contributed by atoms with Crippen molar-refractivity contribution in [3.63, 3.8) is 0 Å². The number of carbonyl (C=O) groups excluding carboxylic acids is 1. The molecule has 0 aromatic heterocycles. The van der Waals surface area contributed by atoms with E-state index in [1.807, 2.05) is 6.92 Å². The number of halogens is 2. The number of benzene rings is 1. The van der Waals surface area contributed by atoms with Crippen molar-refractivity contribution < 1.29 is 14.7 Å². The van der Waals surface area contributed by atoms with Gasteiger partial charge in [0.15, 0.2) is 0 Å². The maximum Gasteiger partial charge on any atom is 0.306 e. The zero-order valence-corrected chi connectivity index (χ0v) is 13.3. The Kier molecular flexibility index (Phi) is 4.70. The lowest BCUT2D eigenvalue weighted by molar-refractivity contribution is -0.141. The van der Waals surface area contributed by atoms with Crippen molar-refractivity contribution in [3.05, 3.63) is 32.8 Å². The molecule has 0 radical (unpaired) electrons. The Bertz CT molecular complexity index is 538. The van der Waals surface area contributed by atoms with Crippen LogP contribution in [-0.4, -0.2) is 23.0 Å². The molecular formula is C14H15BrClNO3. The Morgan fingerprint density at radius 2 is 2.10 bits per heavy atom. The molecule has 6 heteroatoms. The van der Waals surface area contributed by atoms with Crippen LogP contribution in [0, 0.1) is 12.8 Å². The minimum Gasteiger partial charge on any atom is -0.481 e. The molecule has 1 aromatic rings. The lowest BCUT2D eigenvalue weighted by atomic mass is 10.1. The van der Waals surface area contributed by atoms with E-state index in [4.69, 9.17) is 16.7 Å². The van der Waals surface area contributed by atoms with Gasteiger partial charge in [-0.3, -0.25) is 9.59 Å². The molecule has 1 aliphatic carbocycles. The Morgan fingerprint density at radius 3 is 2.65 bits per heavy atom. The Hall–Kier alpha value is -1.07. The summed E-state index contributed by atoms with van der Waals surface area (Å²) in [7, 11) is 0. The van der Waals surface area contributed by atoms with Crippen molar-refractivity contribution in [1.29, 1.82) is 0 Å². The summed E-state index contributed by atoms with van der Waals surface area (Å²) in [4.78, 5) is 23.1. The van der Waals surface area contributed by atoms with Gasteiger partial charge in [-0.15, -0.1) is 0 Å². The SMILES string of the molecule is Cc1cc(C(=O)N[C@H]2CC[C@@H](C(=O)O)C2)cc(Cl)c1Br. The van der Waals surface area contributed by atoms with Crippen LogP contribution in [0.4, 0.5) is 0 Å². The van der Waals surface area contributed by atoms with Crippen molar-refractivity contribution in [2.75, 3.05) is 0 Å². The van der Waals surface area contributed by atoms with Crippen LogP contribution in [0.2, 0.25) is 5.02 Å². The van der Waals surface area contributed by atoms with Gasteiger partial charge < -0.3 is 10.4 Å². The van der Waals surface area contributed by atoms with Crippen LogP contribution in [0.1, 0.15) is 35.2 Å². The highest BCUT2D eigenvalue weighted by Crippen LogP contribution is 2.29. The van der Waals surface area contributed by atoms with Crippen LogP contribution in [0.15, 0.2) is 16.6 Å². The molecule has 2 rings (SSSR count).